The lowest BCUT2D eigenvalue weighted by molar-refractivity contribution is 0.608. The van der Waals surface area contributed by atoms with E-state index in [-0.39, 0.29) is 0 Å². The summed E-state index contributed by atoms with van der Waals surface area (Å²) in [5.41, 5.74) is 5.54. The van der Waals surface area contributed by atoms with Gasteiger partial charge in [-0.25, -0.2) is 0 Å². The predicted octanol–water partition coefficient (Wildman–Crippen LogP) is 3.95. The van der Waals surface area contributed by atoms with Crippen LogP contribution < -0.4 is 5.73 Å². The van der Waals surface area contributed by atoms with Crippen molar-refractivity contribution in [1.29, 1.82) is 0 Å². The van der Waals surface area contributed by atoms with Gasteiger partial charge in [0.2, 0.25) is 0 Å². The molecule has 1 heterocycles. The zero-order chi connectivity index (χ0) is 13.0. The number of aromatic nitrogens is 2. The van der Waals surface area contributed by atoms with Crippen LogP contribution in [0.2, 0.25) is 10.0 Å². The average Bonchev–Trinajstić information content (AvgIpc) is 2.75. The van der Waals surface area contributed by atoms with Crippen LogP contribution in [0.25, 0.3) is 0 Å². The summed E-state index contributed by atoms with van der Waals surface area (Å²) in [5.74, 6) is 1.51. The number of hydrogen-bond acceptors (Lipinski definition) is 3. The van der Waals surface area contributed by atoms with E-state index >= 15 is 0 Å². The Balaban J connectivity index is 1.80. The van der Waals surface area contributed by atoms with E-state index in [9.17, 15) is 0 Å². The molecule has 0 saturated carbocycles. The molecule has 0 unspecified atom stereocenters. The molecule has 2 N–H and O–H groups in total. The van der Waals surface area contributed by atoms with Crippen molar-refractivity contribution in [3.05, 3.63) is 40.5 Å². The third kappa shape index (κ3) is 3.83. The zero-order valence-electron chi connectivity index (χ0n) is 9.64. The molecule has 0 bridgehead atoms. The van der Waals surface area contributed by atoms with Crippen LogP contribution in [0, 0.1) is 0 Å². The predicted molar refractivity (Wildman–Crippen MR) is 78.4 cm³/mol. The third-order valence-electron chi connectivity index (χ3n) is 2.34. The molecule has 0 atom stereocenters. The Bertz CT molecular complexity index is 528. The van der Waals surface area contributed by atoms with Gasteiger partial charge in [0, 0.05) is 22.7 Å². The summed E-state index contributed by atoms with van der Waals surface area (Å²) in [4.78, 5) is 1.02. The van der Waals surface area contributed by atoms with Gasteiger partial charge in [0.05, 0.1) is 5.02 Å². The van der Waals surface area contributed by atoms with Crippen molar-refractivity contribution in [2.24, 2.45) is 0 Å². The van der Waals surface area contributed by atoms with Gasteiger partial charge in [-0.15, -0.1) is 11.8 Å². The molecule has 18 heavy (non-hydrogen) atoms. The second-order valence-electron chi connectivity index (χ2n) is 3.78. The summed E-state index contributed by atoms with van der Waals surface area (Å²) in [7, 11) is 0. The maximum absolute atomic E-state index is 6.08. The number of benzene rings is 1. The van der Waals surface area contributed by atoms with Gasteiger partial charge < -0.3 is 5.73 Å². The van der Waals surface area contributed by atoms with Gasteiger partial charge in [0.15, 0.2) is 0 Å². The van der Waals surface area contributed by atoms with E-state index in [0.29, 0.717) is 10.8 Å². The van der Waals surface area contributed by atoms with Crippen molar-refractivity contribution >= 4 is 40.8 Å². The van der Waals surface area contributed by atoms with Crippen LogP contribution in [0.3, 0.4) is 0 Å². The standard InChI is InChI=1S/C12H13Cl2N3S/c13-9-2-3-10(14)11(8-9)18-7-1-5-17-6-4-12(15)16-17/h2-4,6,8H,1,5,7H2,(H2,15,16). The van der Waals surface area contributed by atoms with E-state index < -0.39 is 0 Å². The second-order valence-corrected chi connectivity index (χ2v) is 5.76. The van der Waals surface area contributed by atoms with E-state index in [4.69, 9.17) is 28.9 Å². The molecule has 0 aliphatic heterocycles. The molecule has 0 spiro atoms. The SMILES string of the molecule is Nc1ccn(CCCSc2cc(Cl)ccc2Cl)n1. The molecule has 0 fully saturated rings. The summed E-state index contributed by atoms with van der Waals surface area (Å²) in [5, 5.41) is 5.58. The lowest BCUT2D eigenvalue weighted by Gasteiger charge is -2.05. The highest BCUT2D eigenvalue weighted by Gasteiger charge is 2.02. The molecule has 0 amide bonds. The number of anilines is 1. The minimum Gasteiger partial charge on any atom is -0.382 e. The zero-order valence-corrected chi connectivity index (χ0v) is 12.0. The molecule has 1 aromatic carbocycles. The van der Waals surface area contributed by atoms with Crippen LogP contribution in [-0.2, 0) is 6.54 Å². The smallest absolute Gasteiger partial charge is 0.145 e. The summed E-state index contributed by atoms with van der Waals surface area (Å²) >= 11 is 13.7. The van der Waals surface area contributed by atoms with Gasteiger partial charge in [-0.3, -0.25) is 4.68 Å². The molecule has 6 heteroatoms. The van der Waals surface area contributed by atoms with E-state index in [2.05, 4.69) is 5.10 Å². The number of aryl methyl sites for hydroxylation is 1. The minimum atomic E-state index is 0.556. The molecule has 2 rings (SSSR count). The summed E-state index contributed by atoms with van der Waals surface area (Å²) in [6.07, 6.45) is 2.88. The maximum Gasteiger partial charge on any atom is 0.145 e. The quantitative estimate of drug-likeness (QED) is 0.671. The van der Waals surface area contributed by atoms with Crippen molar-refractivity contribution in [2.75, 3.05) is 11.5 Å². The molecule has 0 radical (unpaired) electrons. The Labute approximate surface area is 120 Å². The number of rotatable bonds is 5. The van der Waals surface area contributed by atoms with Crippen LogP contribution in [0.1, 0.15) is 6.42 Å². The van der Waals surface area contributed by atoms with Gasteiger partial charge in [0.1, 0.15) is 5.82 Å². The summed E-state index contributed by atoms with van der Waals surface area (Å²) < 4.78 is 1.84. The van der Waals surface area contributed by atoms with Crippen LogP contribution in [0.4, 0.5) is 5.82 Å². The van der Waals surface area contributed by atoms with Crippen molar-refractivity contribution in [2.45, 2.75) is 17.9 Å². The molecular weight excluding hydrogens is 289 g/mol. The fourth-order valence-electron chi connectivity index (χ4n) is 1.50. The number of hydrogen-bond donors (Lipinski definition) is 1. The van der Waals surface area contributed by atoms with E-state index in [1.807, 2.05) is 23.0 Å². The maximum atomic E-state index is 6.08. The van der Waals surface area contributed by atoms with E-state index in [1.54, 1.807) is 23.9 Å². The molecule has 0 saturated heterocycles. The monoisotopic (exact) mass is 301 g/mol. The van der Waals surface area contributed by atoms with Gasteiger partial charge in [-0.1, -0.05) is 23.2 Å². The van der Waals surface area contributed by atoms with Gasteiger partial charge in [0.25, 0.3) is 0 Å². The highest BCUT2D eigenvalue weighted by atomic mass is 35.5. The average molecular weight is 302 g/mol. The highest BCUT2D eigenvalue weighted by Crippen LogP contribution is 2.30. The first-order valence-electron chi connectivity index (χ1n) is 5.52. The van der Waals surface area contributed by atoms with Gasteiger partial charge in [-0.2, -0.15) is 5.10 Å². The summed E-state index contributed by atoms with van der Waals surface area (Å²) in [6.45, 7) is 0.850. The summed E-state index contributed by atoms with van der Waals surface area (Å²) in [6, 6.07) is 7.29. The number of nitrogens with two attached hydrogens (primary N) is 1. The minimum absolute atomic E-state index is 0.556. The fraction of sp³-hybridized carbons (Fsp3) is 0.250. The first-order chi connectivity index (χ1) is 8.65. The van der Waals surface area contributed by atoms with Gasteiger partial charge >= 0.3 is 0 Å². The van der Waals surface area contributed by atoms with Crippen LogP contribution in [0.5, 0.6) is 0 Å². The molecular formula is C12H13Cl2N3S. The second kappa shape index (κ2) is 6.36. The molecule has 96 valence electrons. The first-order valence-corrected chi connectivity index (χ1v) is 7.26. The largest absolute Gasteiger partial charge is 0.382 e. The Morgan fingerprint density at radius 2 is 2.11 bits per heavy atom. The van der Waals surface area contributed by atoms with Crippen LogP contribution >= 0.6 is 35.0 Å². The number of thioether (sulfide) groups is 1. The normalized spacial score (nSPS) is 10.8. The molecule has 2 aromatic rings. The lowest BCUT2D eigenvalue weighted by atomic mass is 10.4. The Kier molecular flexibility index (Phi) is 4.80. The molecule has 0 aliphatic rings. The van der Waals surface area contributed by atoms with Crippen molar-refractivity contribution in [1.82, 2.24) is 9.78 Å². The van der Waals surface area contributed by atoms with Gasteiger partial charge in [-0.05, 0) is 36.4 Å². The topological polar surface area (TPSA) is 43.8 Å². The molecule has 1 aromatic heterocycles. The fourth-order valence-corrected chi connectivity index (χ4v) is 2.93. The number of nitrogens with zero attached hydrogens (tertiary/aromatic N) is 2. The van der Waals surface area contributed by atoms with E-state index in [0.717, 1.165) is 28.6 Å². The molecule has 0 aliphatic carbocycles. The van der Waals surface area contributed by atoms with E-state index in [1.165, 1.54) is 0 Å². The third-order valence-corrected chi connectivity index (χ3v) is 4.16. The van der Waals surface area contributed by atoms with Crippen LogP contribution in [-0.4, -0.2) is 15.5 Å². The lowest BCUT2D eigenvalue weighted by Crippen LogP contribution is -2.00. The van der Waals surface area contributed by atoms with Crippen molar-refractivity contribution in [3.63, 3.8) is 0 Å². The Morgan fingerprint density at radius 3 is 2.83 bits per heavy atom. The highest BCUT2D eigenvalue weighted by molar-refractivity contribution is 7.99. The Hall–Kier alpha value is -0.840. The number of nitrogen functional groups attached to an aromatic ring is 1. The van der Waals surface area contributed by atoms with Crippen molar-refractivity contribution in [3.8, 4) is 0 Å². The first kappa shape index (κ1) is 13.6. The van der Waals surface area contributed by atoms with Crippen molar-refractivity contribution < 1.29 is 0 Å². The Morgan fingerprint density at radius 1 is 1.28 bits per heavy atom. The van der Waals surface area contributed by atoms with Crippen LogP contribution in [0.15, 0.2) is 35.4 Å². The number of halogens is 2. The molecule has 3 nitrogen and oxygen atoms in total.